The normalized spacial score (nSPS) is 23.6. The molecule has 8 rings (SSSR count). The molecule has 14 heteroatoms. The third-order valence-electron chi connectivity index (χ3n) is 10.9. The van der Waals surface area contributed by atoms with E-state index in [1.807, 2.05) is 36.4 Å². The van der Waals surface area contributed by atoms with E-state index < -0.39 is 33.0 Å². The van der Waals surface area contributed by atoms with Gasteiger partial charge in [0, 0.05) is 25.0 Å². The van der Waals surface area contributed by atoms with E-state index in [-0.39, 0.29) is 34.8 Å². The highest BCUT2D eigenvalue weighted by Crippen LogP contribution is 2.59. The Morgan fingerprint density at radius 2 is 1.05 bits per heavy atom. The summed E-state index contributed by atoms with van der Waals surface area (Å²) < 4.78 is 56.5. The zero-order valence-corrected chi connectivity index (χ0v) is 32.6. The van der Waals surface area contributed by atoms with Gasteiger partial charge in [0.2, 0.25) is 11.8 Å². The first kappa shape index (κ1) is 39.7. The fraction of sp³-hybridized carbons (Fsp3) is 0.333. The van der Waals surface area contributed by atoms with Gasteiger partial charge in [-0.25, -0.2) is 27.6 Å². The Balaban J connectivity index is 0.000000172. The van der Waals surface area contributed by atoms with Gasteiger partial charge in [0.15, 0.2) is 0 Å². The largest absolute Gasteiger partial charge is 0.330 e. The fourth-order valence-electron chi connectivity index (χ4n) is 8.50. The first-order valence-corrected chi connectivity index (χ1v) is 20.2. The molecule has 0 aromatic heterocycles. The van der Waals surface area contributed by atoms with E-state index in [1.165, 1.54) is 47.4 Å². The van der Waals surface area contributed by atoms with Crippen LogP contribution >= 0.6 is 23.5 Å². The minimum Gasteiger partial charge on any atom is -0.330 e. The highest BCUT2D eigenvalue weighted by atomic mass is 32.2. The first-order chi connectivity index (χ1) is 26.9. The van der Waals surface area contributed by atoms with Crippen LogP contribution in [0.4, 0.5) is 17.6 Å². The highest BCUT2D eigenvalue weighted by Gasteiger charge is 2.56. The number of rotatable bonds is 6. The third-order valence-corrected chi connectivity index (χ3v) is 14.0. The van der Waals surface area contributed by atoms with Gasteiger partial charge >= 0.3 is 0 Å². The average Bonchev–Trinajstić information content (AvgIpc) is 3.78. The lowest BCUT2D eigenvalue weighted by molar-refractivity contribution is -0.135. The molecule has 0 saturated heterocycles. The molecule has 2 spiro atoms. The summed E-state index contributed by atoms with van der Waals surface area (Å²) in [7, 11) is 0. The molecular formula is C42H42F4N6O2S2. The van der Waals surface area contributed by atoms with Gasteiger partial charge in [-0.15, -0.1) is 0 Å². The monoisotopic (exact) mass is 802 g/mol. The number of carbonyl (C=O) groups excluding carboxylic acids is 2. The Bertz CT molecular complexity index is 2080. The number of nitrogens with two attached hydrogens (primary N) is 2. The zero-order chi connectivity index (χ0) is 39.8. The number of carbonyl (C=O) groups is 2. The molecule has 8 nitrogen and oxygen atoms in total. The average molecular weight is 803 g/mol. The molecule has 0 radical (unpaired) electrons. The molecule has 0 bridgehead atoms. The molecule has 4 atom stereocenters. The van der Waals surface area contributed by atoms with Crippen molar-refractivity contribution in [3.05, 3.63) is 142 Å². The summed E-state index contributed by atoms with van der Waals surface area (Å²) in [6.45, 7) is 3.86. The second-order valence-electron chi connectivity index (χ2n) is 14.3. The van der Waals surface area contributed by atoms with Gasteiger partial charge in [-0.2, -0.15) is 10.2 Å². The number of nitrogens with zero attached hydrogens (tertiary/aromatic N) is 4. The fourth-order valence-corrected chi connectivity index (χ4v) is 11.8. The standard InChI is InChI=1S/2C21H21F2N3OS/c2*1-13(27)26-21(28-20(25-26)17-12-16(22)8-9-19(17)23)15(10-11-24)7-6-14-4-2-3-5-18(14)21/h2*2-5,8-9,12,15H,6-7,10-11,24H2,1H3/t15-,21+;15-,21-/m01/s1. The van der Waals surface area contributed by atoms with Crippen LogP contribution in [-0.4, -0.2) is 45.0 Å². The van der Waals surface area contributed by atoms with Crippen LogP contribution < -0.4 is 11.5 Å². The van der Waals surface area contributed by atoms with E-state index >= 15 is 0 Å². The van der Waals surface area contributed by atoms with Crippen molar-refractivity contribution in [3.63, 3.8) is 0 Å². The number of aryl methyl sites for hydroxylation is 2. The second kappa shape index (κ2) is 16.2. The van der Waals surface area contributed by atoms with Crippen molar-refractivity contribution in [1.29, 1.82) is 0 Å². The van der Waals surface area contributed by atoms with Crippen LogP contribution in [0, 0.1) is 35.1 Å². The molecule has 4 N–H and O–H groups in total. The number of benzene rings is 4. The summed E-state index contributed by atoms with van der Waals surface area (Å²) in [5.41, 5.74) is 16.2. The second-order valence-corrected chi connectivity index (χ2v) is 16.7. The summed E-state index contributed by atoms with van der Waals surface area (Å²) >= 11 is 2.66. The highest BCUT2D eigenvalue weighted by molar-refractivity contribution is 8.15. The first-order valence-electron chi connectivity index (χ1n) is 18.6. The van der Waals surface area contributed by atoms with E-state index in [4.69, 9.17) is 11.5 Å². The van der Waals surface area contributed by atoms with Crippen LogP contribution in [0.5, 0.6) is 0 Å². The molecule has 56 heavy (non-hydrogen) atoms. The van der Waals surface area contributed by atoms with Crippen LogP contribution in [0.25, 0.3) is 0 Å². The number of amides is 2. The van der Waals surface area contributed by atoms with Crippen molar-refractivity contribution in [1.82, 2.24) is 10.0 Å². The van der Waals surface area contributed by atoms with E-state index in [0.717, 1.165) is 84.3 Å². The van der Waals surface area contributed by atoms with Crippen LogP contribution in [0.2, 0.25) is 0 Å². The van der Waals surface area contributed by atoms with Crippen molar-refractivity contribution in [2.45, 2.75) is 62.1 Å². The number of fused-ring (bicyclic) bond motifs is 4. The predicted molar refractivity (Wildman–Crippen MR) is 213 cm³/mol. The maximum Gasteiger partial charge on any atom is 0.241 e. The quantitative estimate of drug-likeness (QED) is 0.191. The van der Waals surface area contributed by atoms with Gasteiger partial charge in [-0.05, 0) is 122 Å². The third kappa shape index (κ3) is 6.94. The Hall–Kier alpha value is -4.50. The molecule has 2 aliphatic heterocycles. The van der Waals surface area contributed by atoms with Gasteiger partial charge in [0.25, 0.3) is 0 Å². The van der Waals surface area contributed by atoms with Crippen molar-refractivity contribution in [3.8, 4) is 0 Å². The van der Waals surface area contributed by atoms with Crippen molar-refractivity contribution < 1.29 is 27.2 Å². The number of halogens is 4. The van der Waals surface area contributed by atoms with Gasteiger partial charge in [0.05, 0.1) is 0 Å². The van der Waals surface area contributed by atoms with Crippen LogP contribution in [-0.2, 0) is 32.2 Å². The molecule has 0 saturated carbocycles. The number of thioether (sulfide) groups is 2. The maximum atomic E-state index is 14.5. The molecule has 2 amide bonds. The molecule has 0 fully saturated rings. The van der Waals surface area contributed by atoms with E-state index in [9.17, 15) is 27.2 Å². The Morgan fingerprint density at radius 3 is 1.43 bits per heavy atom. The summed E-state index contributed by atoms with van der Waals surface area (Å²) in [6, 6.07) is 22.5. The molecule has 4 aromatic carbocycles. The number of hydrogen-bond acceptors (Lipinski definition) is 8. The summed E-state index contributed by atoms with van der Waals surface area (Å²) in [5, 5.41) is 12.5. The SMILES string of the molecule is CC(=O)N1N=C(c2cc(F)ccc2F)S[C@]12c1ccccc1CC[C@@H]2CCN.CC(=O)N1N=C(c2cc(F)ccc2F)S[C@]12c1ccccc1CC[C@H]2CCN. The van der Waals surface area contributed by atoms with Gasteiger partial charge in [0.1, 0.15) is 43.1 Å². The predicted octanol–water partition coefficient (Wildman–Crippen LogP) is 7.97. The van der Waals surface area contributed by atoms with Gasteiger partial charge < -0.3 is 11.5 Å². The summed E-state index contributed by atoms with van der Waals surface area (Å²) in [4.78, 5) is 23.6. The lowest BCUT2D eigenvalue weighted by atomic mass is 9.77. The number of hydrogen-bond donors (Lipinski definition) is 2. The van der Waals surface area contributed by atoms with E-state index in [0.29, 0.717) is 36.0 Å². The Kier molecular flexibility index (Phi) is 11.5. The molecule has 4 aromatic rings. The lowest BCUT2D eigenvalue weighted by Crippen LogP contribution is -2.49. The Morgan fingerprint density at radius 1 is 0.661 bits per heavy atom. The lowest BCUT2D eigenvalue weighted by Gasteiger charge is -2.45. The van der Waals surface area contributed by atoms with Crippen molar-refractivity contribution >= 4 is 45.4 Å². The Labute approximate surface area is 331 Å². The van der Waals surface area contributed by atoms with Gasteiger partial charge in [-0.3, -0.25) is 9.59 Å². The van der Waals surface area contributed by atoms with E-state index in [1.54, 1.807) is 0 Å². The summed E-state index contributed by atoms with van der Waals surface area (Å²) in [5.74, 6) is -2.58. The van der Waals surface area contributed by atoms with Crippen LogP contribution in [0.1, 0.15) is 72.9 Å². The topological polar surface area (TPSA) is 117 Å². The van der Waals surface area contributed by atoms with E-state index in [2.05, 4.69) is 22.3 Å². The molecule has 2 heterocycles. The smallest absolute Gasteiger partial charge is 0.241 e. The zero-order valence-electron chi connectivity index (χ0n) is 31.0. The molecule has 2 aliphatic carbocycles. The minimum atomic E-state index is -0.797. The van der Waals surface area contributed by atoms with Gasteiger partial charge in [-0.1, -0.05) is 72.1 Å². The molecule has 4 aliphatic rings. The van der Waals surface area contributed by atoms with Crippen LogP contribution in [0.3, 0.4) is 0 Å². The maximum absolute atomic E-state index is 14.5. The number of hydrazone groups is 2. The summed E-state index contributed by atoms with van der Waals surface area (Å²) in [6.07, 6.45) is 4.88. The molecule has 0 unspecified atom stereocenters. The van der Waals surface area contributed by atoms with Crippen molar-refractivity contribution in [2.24, 2.45) is 33.5 Å². The molecular weight excluding hydrogens is 761 g/mol. The molecule has 292 valence electrons. The minimum absolute atomic E-state index is 0.0548. The van der Waals surface area contributed by atoms with Crippen molar-refractivity contribution in [2.75, 3.05) is 13.1 Å². The van der Waals surface area contributed by atoms with Crippen LogP contribution in [0.15, 0.2) is 95.1 Å².